The molecule has 0 saturated heterocycles. The highest BCUT2D eigenvalue weighted by Gasteiger charge is 2.36. The smallest absolute Gasteiger partial charge is 0.0616 e. The zero-order chi connectivity index (χ0) is 12.6. The predicted molar refractivity (Wildman–Crippen MR) is 70.4 cm³/mol. The van der Waals surface area contributed by atoms with Crippen LogP contribution in [0.5, 0.6) is 0 Å². The Morgan fingerprint density at radius 1 is 0.875 bits per heavy atom. The van der Waals surface area contributed by atoms with Crippen molar-refractivity contribution in [3.63, 3.8) is 0 Å². The SMILES string of the molecule is CC(C)(C)C1CCC(C(O)C(C)(C)C)CC1. The average molecular weight is 226 g/mol. The Balaban J connectivity index is 2.50. The first-order chi connectivity index (χ1) is 7.12. The molecule has 0 aromatic heterocycles. The van der Waals surface area contributed by atoms with Crippen LogP contribution in [0, 0.1) is 22.7 Å². The standard InChI is InChI=1S/C15H30O/c1-14(2,3)12-9-7-11(8-10-12)13(16)15(4,5)6/h11-13,16H,7-10H2,1-6H3. The van der Waals surface area contributed by atoms with Gasteiger partial charge in [-0.15, -0.1) is 0 Å². The Hall–Kier alpha value is -0.0400. The fourth-order valence-electron chi connectivity index (χ4n) is 3.01. The second kappa shape index (κ2) is 4.68. The van der Waals surface area contributed by atoms with E-state index in [1.54, 1.807) is 0 Å². The predicted octanol–water partition coefficient (Wildman–Crippen LogP) is 4.25. The monoisotopic (exact) mass is 226 g/mol. The van der Waals surface area contributed by atoms with Gasteiger partial charge in [-0.1, -0.05) is 41.5 Å². The van der Waals surface area contributed by atoms with E-state index in [1.165, 1.54) is 25.7 Å². The summed E-state index contributed by atoms with van der Waals surface area (Å²) in [6.45, 7) is 13.5. The van der Waals surface area contributed by atoms with Crippen LogP contribution in [0.1, 0.15) is 67.2 Å². The van der Waals surface area contributed by atoms with Gasteiger partial charge < -0.3 is 5.11 Å². The molecule has 1 rings (SSSR count). The molecule has 0 aliphatic heterocycles. The molecule has 1 heteroatoms. The Bertz CT molecular complexity index is 211. The minimum absolute atomic E-state index is 0.0409. The molecule has 16 heavy (non-hydrogen) atoms. The average Bonchev–Trinajstić information content (AvgIpc) is 2.14. The van der Waals surface area contributed by atoms with Crippen molar-refractivity contribution in [3.8, 4) is 0 Å². The van der Waals surface area contributed by atoms with E-state index in [1.807, 2.05) is 0 Å². The maximum Gasteiger partial charge on any atom is 0.0616 e. The molecular formula is C15H30O. The Morgan fingerprint density at radius 2 is 1.31 bits per heavy atom. The molecule has 0 bridgehead atoms. The molecule has 0 aromatic rings. The van der Waals surface area contributed by atoms with Crippen LogP contribution in [0.4, 0.5) is 0 Å². The van der Waals surface area contributed by atoms with E-state index >= 15 is 0 Å². The minimum atomic E-state index is -0.131. The summed E-state index contributed by atoms with van der Waals surface area (Å²) in [6, 6.07) is 0. The molecule has 1 saturated carbocycles. The van der Waals surface area contributed by atoms with E-state index in [0.717, 1.165) is 5.92 Å². The van der Waals surface area contributed by atoms with Crippen molar-refractivity contribution in [2.45, 2.75) is 73.3 Å². The lowest BCUT2D eigenvalue weighted by Crippen LogP contribution is -2.37. The maximum absolute atomic E-state index is 10.3. The molecule has 1 N–H and O–H groups in total. The van der Waals surface area contributed by atoms with Crippen molar-refractivity contribution in [1.82, 2.24) is 0 Å². The molecule has 1 nitrogen and oxygen atoms in total. The normalized spacial score (nSPS) is 30.2. The van der Waals surface area contributed by atoms with E-state index in [0.29, 0.717) is 11.3 Å². The van der Waals surface area contributed by atoms with Gasteiger partial charge in [-0.3, -0.25) is 0 Å². The molecule has 0 spiro atoms. The van der Waals surface area contributed by atoms with E-state index in [2.05, 4.69) is 41.5 Å². The van der Waals surface area contributed by atoms with Gasteiger partial charge in [-0.05, 0) is 48.3 Å². The highest BCUT2D eigenvalue weighted by Crippen LogP contribution is 2.42. The van der Waals surface area contributed by atoms with E-state index in [4.69, 9.17) is 0 Å². The lowest BCUT2D eigenvalue weighted by Gasteiger charge is -2.41. The summed E-state index contributed by atoms with van der Waals surface area (Å²) in [5, 5.41) is 10.3. The summed E-state index contributed by atoms with van der Waals surface area (Å²) in [4.78, 5) is 0. The molecule has 1 atom stereocenters. The first-order valence-corrected chi connectivity index (χ1v) is 6.80. The second-order valence-electron chi connectivity index (χ2n) is 7.79. The molecule has 0 radical (unpaired) electrons. The van der Waals surface area contributed by atoms with Gasteiger partial charge in [0.2, 0.25) is 0 Å². The van der Waals surface area contributed by atoms with Crippen LogP contribution in [0.2, 0.25) is 0 Å². The topological polar surface area (TPSA) is 20.2 Å². The molecule has 1 aliphatic rings. The van der Waals surface area contributed by atoms with Gasteiger partial charge in [-0.2, -0.15) is 0 Å². The van der Waals surface area contributed by atoms with Crippen molar-refractivity contribution in [2.75, 3.05) is 0 Å². The zero-order valence-corrected chi connectivity index (χ0v) is 12.0. The largest absolute Gasteiger partial charge is 0.392 e. The molecule has 1 unspecified atom stereocenters. The molecular weight excluding hydrogens is 196 g/mol. The van der Waals surface area contributed by atoms with Crippen molar-refractivity contribution in [1.29, 1.82) is 0 Å². The van der Waals surface area contributed by atoms with E-state index in [9.17, 15) is 5.11 Å². The maximum atomic E-state index is 10.3. The summed E-state index contributed by atoms with van der Waals surface area (Å²) in [6.07, 6.45) is 4.87. The molecule has 0 aromatic carbocycles. The summed E-state index contributed by atoms with van der Waals surface area (Å²) in [5.41, 5.74) is 0.483. The van der Waals surface area contributed by atoms with Crippen molar-refractivity contribution in [3.05, 3.63) is 0 Å². The van der Waals surface area contributed by atoms with Gasteiger partial charge in [0.15, 0.2) is 0 Å². The van der Waals surface area contributed by atoms with Crippen LogP contribution in [-0.4, -0.2) is 11.2 Å². The third-order valence-corrected chi connectivity index (χ3v) is 4.33. The van der Waals surface area contributed by atoms with Crippen molar-refractivity contribution >= 4 is 0 Å². The molecule has 96 valence electrons. The van der Waals surface area contributed by atoms with Gasteiger partial charge in [0.05, 0.1) is 6.10 Å². The highest BCUT2D eigenvalue weighted by molar-refractivity contribution is 4.86. The first kappa shape index (κ1) is 14.0. The first-order valence-electron chi connectivity index (χ1n) is 6.80. The van der Waals surface area contributed by atoms with Crippen LogP contribution in [-0.2, 0) is 0 Å². The van der Waals surface area contributed by atoms with Crippen LogP contribution in [0.3, 0.4) is 0 Å². The molecule has 0 amide bonds. The zero-order valence-electron chi connectivity index (χ0n) is 12.0. The lowest BCUT2D eigenvalue weighted by atomic mass is 9.66. The van der Waals surface area contributed by atoms with Crippen LogP contribution < -0.4 is 0 Å². The number of hydrogen-bond acceptors (Lipinski definition) is 1. The number of rotatable bonds is 1. The third kappa shape index (κ3) is 3.48. The number of aliphatic hydroxyl groups excluding tert-OH is 1. The third-order valence-electron chi connectivity index (χ3n) is 4.33. The van der Waals surface area contributed by atoms with Crippen LogP contribution >= 0.6 is 0 Å². The molecule has 1 fully saturated rings. The molecule has 1 aliphatic carbocycles. The Labute approximate surface area is 102 Å². The molecule has 0 heterocycles. The van der Waals surface area contributed by atoms with Crippen molar-refractivity contribution < 1.29 is 5.11 Å². The van der Waals surface area contributed by atoms with Crippen LogP contribution in [0.25, 0.3) is 0 Å². The highest BCUT2D eigenvalue weighted by atomic mass is 16.3. The summed E-state index contributed by atoms with van der Waals surface area (Å²) < 4.78 is 0. The number of hydrogen-bond donors (Lipinski definition) is 1. The minimum Gasteiger partial charge on any atom is -0.392 e. The fourth-order valence-corrected chi connectivity index (χ4v) is 3.01. The van der Waals surface area contributed by atoms with Crippen LogP contribution in [0.15, 0.2) is 0 Å². The van der Waals surface area contributed by atoms with Gasteiger partial charge in [0.1, 0.15) is 0 Å². The summed E-state index contributed by atoms with van der Waals surface area (Å²) in [5.74, 6) is 1.37. The van der Waals surface area contributed by atoms with E-state index < -0.39 is 0 Å². The fraction of sp³-hybridized carbons (Fsp3) is 1.00. The second-order valence-corrected chi connectivity index (χ2v) is 7.79. The lowest BCUT2D eigenvalue weighted by molar-refractivity contribution is -0.0154. The van der Waals surface area contributed by atoms with Gasteiger partial charge >= 0.3 is 0 Å². The van der Waals surface area contributed by atoms with Gasteiger partial charge in [-0.25, -0.2) is 0 Å². The Morgan fingerprint density at radius 3 is 1.62 bits per heavy atom. The summed E-state index contributed by atoms with van der Waals surface area (Å²) >= 11 is 0. The quantitative estimate of drug-likeness (QED) is 0.709. The van der Waals surface area contributed by atoms with Crippen molar-refractivity contribution in [2.24, 2.45) is 22.7 Å². The van der Waals surface area contributed by atoms with Gasteiger partial charge in [0, 0.05) is 0 Å². The van der Waals surface area contributed by atoms with E-state index in [-0.39, 0.29) is 11.5 Å². The summed E-state index contributed by atoms with van der Waals surface area (Å²) in [7, 11) is 0. The number of aliphatic hydroxyl groups is 1. The van der Waals surface area contributed by atoms with Gasteiger partial charge in [0.25, 0.3) is 0 Å². The Kier molecular flexibility index (Phi) is 4.10.